The van der Waals surface area contributed by atoms with Crippen molar-refractivity contribution >= 4 is 28.9 Å². The molecule has 31 heavy (non-hydrogen) atoms. The SMILES string of the molecule is CNC(=O)C1=CCC(c2ccc(-c3ccnc(Nc4cccc(C(C)O)c4)n3)s2)C=C1. The van der Waals surface area contributed by atoms with Crippen molar-refractivity contribution in [2.75, 3.05) is 12.4 Å². The maximum absolute atomic E-state index is 11.8. The van der Waals surface area contributed by atoms with Crippen molar-refractivity contribution in [3.63, 3.8) is 0 Å². The number of benzene rings is 1. The van der Waals surface area contributed by atoms with Gasteiger partial charge in [-0.2, -0.15) is 0 Å². The van der Waals surface area contributed by atoms with Crippen molar-refractivity contribution in [1.29, 1.82) is 0 Å². The van der Waals surface area contributed by atoms with Gasteiger partial charge in [-0.05, 0) is 49.2 Å². The molecule has 2 unspecified atom stereocenters. The normalized spacial score (nSPS) is 16.5. The van der Waals surface area contributed by atoms with Crippen LogP contribution in [0.3, 0.4) is 0 Å². The predicted molar refractivity (Wildman–Crippen MR) is 124 cm³/mol. The van der Waals surface area contributed by atoms with Crippen molar-refractivity contribution in [3.8, 4) is 10.6 Å². The Morgan fingerprint density at radius 3 is 2.87 bits per heavy atom. The highest BCUT2D eigenvalue weighted by Crippen LogP contribution is 2.36. The minimum atomic E-state index is -0.533. The van der Waals surface area contributed by atoms with Crippen molar-refractivity contribution in [2.24, 2.45) is 0 Å². The third-order valence-corrected chi connectivity index (χ3v) is 6.35. The van der Waals surface area contributed by atoms with Crippen LogP contribution in [-0.2, 0) is 4.79 Å². The first kappa shape index (κ1) is 21.0. The molecule has 1 aromatic carbocycles. The number of rotatable bonds is 6. The van der Waals surface area contributed by atoms with Gasteiger partial charge in [0.15, 0.2) is 0 Å². The molecule has 1 aliphatic rings. The number of aliphatic hydroxyl groups is 1. The van der Waals surface area contributed by atoms with E-state index in [4.69, 9.17) is 0 Å². The van der Waals surface area contributed by atoms with E-state index in [2.05, 4.69) is 38.8 Å². The van der Waals surface area contributed by atoms with E-state index in [1.807, 2.05) is 42.5 Å². The predicted octanol–water partition coefficient (Wildman–Crippen LogP) is 4.72. The smallest absolute Gasteiger partial charge is 0.250 e. The monoisotopic (exact) mass is 432 g/mol. The Morgan fingerprint density at radius 1 is 1.26 bits per heavy atom. The van der Waals surface area contributed by atoms with Gasteiger partial charge in [-0.25, -0.2) is 9.97 Å². The standard InChI is InChI=1S/C24H24N4O2S/c1-15(29)18-4-3-5-19(14-18)27-24-26-13-12-20(28-24)22-11-10-21(31-22)16-6-8-17(9-7-16)23(30)25-2/h3-6,8-16,29H,7H2,1-2H3,(H,25,30)(H,26,27,28). The van der Waals surface area contributed by atoms with E-state index in [0.717, 1.165) is 28.2 Å². The van der Waals surface area contributed by atoms with Gasteiger partial charge in [0, 0.05) is 35.3 Å². The van der Waals surface area contributed by atoms with Crippen molar-refractivity contribution < 1.29 is 9.90 Å². The second-order valence-corrected chi connectivity index (χ2v) is 8.45. The maximum atomic E-state index is 11.8. The number of anilines is 2. The van der Waals surface area contributed by atoms with Gasteiger partial charge in [-0.3, -0.25) is 4.79 Å². The molecular weight excluding hydrogens is 408 g/mol. The summed E-state index contributed by atoms with van der Waals surface area (Å²) < 4.78 is 0. The van der Waals surface area contributed by atoms with Crippen LogP contribution >= 0.6 is 11.3 Å². The molecule has 3 aromatic rings. The maximum Gasteiger partial charge on any atom is 0.250 e. The molecule has 0 aliphatic heterocycles. The van der Waals surface area contributed by atoms with Crippen molar-refractivity contribution in [3.05, 3.63) is 82.9 Å². The lowest BCUT2D eigenvalue weighted by Crippen LogP contribution is -2.20. The summed E-state index contributed by atoms with van der Waals surface area (Å²) >= 11 is 1.70. The largest absolute Gasteiger partial charge is 0.389 e. The molecule has 1 aliphatic carbocycles. The fraction of sp³-hybridized carbons (Fsp3) is 0.208. The lowest BCUT2D eigenvalue weighted by Gasteiger charge is -2.14. The van der Waals surface area contributed by atoms with E-state index in [1.54, 1.807) is 31.5 Å². The number of nitrogens with one attached hydrogen (secondary N) is 2. The molecule has 0 saturated heterocycles. The van der Waals surface area contributed by atoms with Gasteiger partial charge in [0.25, 0.3) is 5.91 Å². The molecule has 2 aromatic heterocycles. The number of carbonyl (C=O) groups is 1. The number of thiophene rings is 1. The topological polar surface area (TPSA) is 87.1 Å². The molecule has 0 bridgehead atoms. The minimum Gasteiger partial charge on any atom is -0.389 e. The average Bonchev–Trinajstić information content (AvgIpc) is 3.29. The zero-order valence-corrected chi connectivity index (χ0v) is 18.2. The summed E-state index contributed by atoms with van der Waals surface area (Å²) in [4.78, 5) is 23.0. The van der Waals surface area contributed by atoms with E-state index in [1.165, 1.54) is 4.88 Å². The Balaban J connectivity index is 1.49. The summed E-state index contributed by atoms with van der Waals surface area (Å²) in [6.07, 6.45) is 7.96. The third kappa shape index (κ3) is 4.90. The molecule has 0 fully saturated rings. The van der Waals surface area contributed by atoms with Gasteiger partial charge in [0.1, 0.15) is 0 Å². The number of hydrogen-bond acceptors (Lipinski definition) is 6. The number of nitrogens with zero attached hydrogens (tertiary/aromatic N) is 2. The Morgan fingerprint density at radius 2 is 2.13 bits per heavy atom. The molecule has 7 heteroatoms. The molecule has 6 nitrogen and oxygen atoms in total. The van der Waals surface area contributed by atoms with Crippen LogP contribution < -0.4 is 10.6 Å². The van der Waals surface area contributed by atoms with Gasteiger partial charge in [0.2, 0.25) is 5.95 Å². The first-order valence-electron chi connectivity index (χ1n) is 10.1. The van der Waals surface area contributed by atoms with E-state index in [0.29, 0.717) is 11.5 Å². The van der Waals surface area contributed by atoms with Crippen molar-refractivity contribution in [1.82, 2.24) is 15.3 Å². The number of aliphatic hydroxyl groups excluding tert-OH is 1. The summed E-state index contributed by atoms with van der Waals surface area (Å²) in [6, 6.07) is 13.7. The zero-order valence-electron chi connectivity index (χ0n) is 17.4. The number of likely N-dealkylation sites (N-methyl/N-ethyl adjacent to an activating group) is 1. The number of hydrogen-bond donors (Lipinski definition) is 3. The summed E-state index contributed by atoms with van der Waals surface area (Å²) in [5, 5.41) is 15.7. The number of aromatic nitrogens is 2. The molecule has 2 heterocycles. The zero-order chi connectivity index (χ0) is 21.8. The Kier molecular flexibility index (Phi) is 6.25. The number of carbonyl (C=O) groups excluding carboxylic acids is 1. The molecule has 1 amide bonds. The molecule has 0 spiro atoms. The van der Waals surface area contributed by atoms with Gasteiger partial charge in [0.05, 0.1) is 16.7 Å². The van der Waals surface area contributed by atoms with E-state index in [9.17, 15) is 9.90 Å². The van der Waals surface area contributed by atoms with E-state index < -0.39 is 6.10 Å². The van der Waals surface area contributed by atoms with Crippen LogP contribution in [0.25, 0.3) is 10.6 Å². The number of amides is 1. The first-order valence-corrected chi connectivity index (χ1v) is 10.9. The number of allylic oxidation sites excluding steroid dienone is 2. The van der Waals surface area contributed by atoms with Gasteiger partial charge in [-0.15, -0.1) is 11.3 Å². The van der Waals surface area contributed by atoms with Crippen LogP contribution in [0.5, 0.6) is 0 Å². The van der Waals surface area contributed by atoms with Crippen LogP contribution in [0.4, 0.5) is 11.6 Å². The Labute approximate surface area is 185 Å². The molecule has 0 radical (unpaired) electrons. The molecule has 158 valence electrons. The van der Waals surface area contributed by atoms with Crippen LogP contribution in [0.2, 0.25) is 0 Å². The molecule has 2 atom stereocenters. The second kappa shape index (κ2) is 9.24. The summed E-state index contributed by atoms with van der Waals surface area (Å²) in [7, 11) is 1.64. The van der Waals surface area contributed by atoms with Gasteiger partial charge < -0.3 is 15.7 Å². The van der Waals surface area contributed by atoms with Crippen LogP contribution in [0.1, 0.15) is 35.8 Å². The highest BCUT2D eigenvalue weighted by Gasteiger charge is 2.17. The highest BCUT2D eigenvalue weighted by atomic mass is 32.1. The van der Waals surface area contributed by atoms with Gasteiger partial charge >= 0.3 is 0 Å². The molecule has 4 rings (SSSR count). The fourth-order valence-corrected chi connectivity index (χ4v) is 4.47. The lowest BCUT2D eigenvalue weighted by molar-refractivity contribution is -0.116. The third-order valence-electron chi connectivity index (χ3n) is 5.11. The molecule has 3 N–H and O–H groups in total. The fourth-order valence-electron chi connectivity index (χ4n) is 3.40. The Bertz CT molecular complexity index is 1150. The Hall–Kier alpha value is -3.29. The van der Waals surface area contributed by atoms with Crippen molar-refractivity contribution in [2.45, 2.75) is 25.4 Å². The van der Waals surface area contributed by atoms with Crippen LogP contribution in [0, 0.1) is 0 Å². The summed E-state index contributed by atoms with van der Waals surface area (Å²) in [5.74, 6) is 0.710. The molecule has 0 saturated carbocycles. The van der Waals surface area contributed by atoms with Crippen LogP contribution in [-0.4, -0.2) is 28.0 Å². The molecular formula is C24H24N4O2S. The highest BCUT2D eigenvalue weighted by molar-refractivity contribution is 7.15. The van der Waals surface area contributed by atoms with Gasteiger partial charge in [-0.1, -0.05) is 30.4 Å². The minimum absolute atomic E-state index is 0.0541. The van der Waals surface area contributed by atoms with Crippen LogP contribution in [0.15, 0.2) is 72.5 Å². The average molecular weight is 433 g/mol. The summed E-state index contributed by atoms with van der Waals surface area (Å²) in [6.45, 7) is 1.74. The van der Waals surface area contributed by atoms with E-state index in [-0.39, 0.29) is 11.8 Å². The van der Waals surface area contributed by atoms with E-state index >= 15 is 0 Å². The second-order valence-electron chi connectivity index (χ2n) is 7.33. The quantitative estimate of drug-likeness (QED) is 0.525. The first-order chi connectivity index (χ1) is 15.0. The lowest BCUT2D eigenvalue weighted by atomic mass is 9.95. The summed E-state index contributed by atoms with van der Waals surface area (Å²) in [5.41, 5.74) is 3.22.